The molecule has 0 aliphatic carbocycles. The first-order chi connectivity index (χ1) is 14.2. The number of thiazole rings is 1. The molecule has 146 valence electrons. The molecule has 2 aromatic carbocycles. The second kappa shape index (κ2) is 8.98. The summed E-state index contributed by atoms with van der Waals surface area (Å²) in [6, 6.07) is 17.3. The van der Waals surface area contributed by atoms with Crippen molar-refractivity contribution in [3.63, 3.8) is 0 Å². The Morgan fingerprint density at radius 3 is 2.59 bits per heavy atom. The van der Waals surface area contributed by atoms with Crippen molar-refractivity contribution < 1.29 is 9.59 Å². The molecule has 2 heterocycles. The van der Waals surface area contributed by atoms with Crippen LogP contribution in [0, 0.1) is 0 Å². The number of anilines is 1. The molecular weight excluding hydrogens is 402 g/mol. The van der Waals surface area contributed by atoms with Crippen LogP contribution in [0.2, 0.25) is 0 Å². The van der Waals surface area contributed by atoms with Crippen molar-refractivity contribution in [2.45, 2.75) is 12.8 Å². The van der Waals surface area contributed by atoms with E-state index in [1.54, 1.807) is 28.8 Å². The van der Waals surface area contributed by atoms with Crippen LogP contribution in [0.3, 0.4) is 0 Å². The van der Waals surface area contributed by atoms with Gasteiger partial charge in [0.05, 0.1) is 12.1 Å². The number of hydrogen-bond donors (Lipinski definition) is 2. The van der Waals surface area contributed by atoms with Gasteiger partial charge < -0.3 is 5.32 Å². The summed E-state index contributed by atoms with van der Waals surface area (Å²) >= 11 is 3.04. The second-order valence-electron chi connectivity index (χ2n) is 6.50. The summed E-state index contributed by atoms with van der Waals surface area (Å²) in [4.78, 5) is 28.7. The van der Waals surface area contributed by atoms with E-state index in [-0.39, 0.29) is 18.2 Å². The zero-order chi connectivity index (χ0) is 20.1. The van der Waals surface area contributed by atoms with Crippen LogP contribution in [0.4, 0.5) is 5.13 Å². The summed E-state index contributed by atoms with van der Waals surface area (Å²) in [7, 11) is 0. The highest BCUT2D eigenvalue weighted by Crippen LogP contribution is 2.25. The third-order valence-corrected chi connectivity index (χ3v) is 6.25. The van der Waals surface area contributed by atoms with Crippen LogP contribution < -0.4 is 10.6 Å². The lowest BCUT2D eigenvalue weighted by Gasteiger charge is -2.04. The van der Waals surface area contributed by atoms with Gasteiger partial charge in [0, 0.05) is 22.2 Å². The van der Waals surface area contributed by atoms with Gasteiger partial charge in [0.1, 0.15) is 0 Å². The molecule has 0 spiro atoms. The Morgan fingerprint density at radius 2 is 1.72 bits per heavy atom. The van der Waals surface area contributed by atoms with Crippen molar-refractivity contribution in [3.05, 3.63) is 82.2 Å². The van der Waals surface area contributed by atoms with E-state index >= 15 is 0 Å². The topological polar surface area (TPSA) is 71.1 Å². The highest BCUT2D eigenvalue weighted by atomic mass is 32.1. The van der Waals surface area contributed by atoms with Crippen LogP contribution in [0.1, 0.15) is 21.6 Å². The van der Waals surface area contributed by atoms with Gasteiger partial charge in [-0.1, -0.05) is 36.4 Å². The van der Waals surface area contributed by atoms with Gasteiger partial charge in [0.2, 0.25) is 5.91 Å². The molecule has 4 rings (SSSR count). The standard InChI is InChI=1S/C22H19N3O2S2/c26-20(23-11-10-16-13-28-19-9-5-4-8-18(16)19)12-17-14-29-22(24-17)25-21(27)15-6-2-1-3-7-15/h1-9,13-14H,10-12H2,(H,23,26)(H,24,25,27). The molecule has 0 unspecified atom stereocenters. The Hall–Kier alpha value is -3.03. The van der Waals surface area contributed by atoms with Gasteiger partial charge in [0.15, 0.2) is 5.13 Å². The van der Waals surface area contributed by atoms with Gasteiger partial charge >= 0.3 is 0 Å². The number of aromatic nitrogens is 1. The number of nitrogens with one attached hydrogen (secondary N) is 2. The number of fused-ring (bicyclic) bond motifs is 1. The monoisotopic (exact) mass is 421 g/mol. The first-order valence-electron chi connectivity index (χ1n) is 9.21. The number of carbonyl (C=O) groups excluding carboxylic acids is 2. The minimum atomic E-state index is -0.209. The van der Waals surface area contributed by atoms with Crippen LogP contribution in [-0.4, -0.2) is 23.3 Å². The fourth-order valence-electron chi connectivity index (χ4n) is 2.99. The third-order valence-electron chi connectivity index (χ3n) is 4.43. The van der Waals surface area contributed by atoms with Crippen molar-refractivity contribution in [2.75, 3.05) is 11.9 Å². The van der Waals surface area contributed by atoms with Crippen LogP contribution in [0.25, 0.3) is 10.1 Å². The van der Waals surface area contributed by atoms with E-state index in [2.05, 4.69) is 33.1 Å². The minimum absolute atomic E-state index is 0.0734. The van der Waals surface area contributed by atoms with Crippen molar-refractivity contribution >= 4 is 49.7 Å². The number of nitrogens with zero attached hydrogens (tertiary/aromatic N) is 1. The number of carbonyl (C=O) groups is 2. The smallest absolute Gasteiger partial charge is 0.257 e. The second-order valence-corrected chi connectivity index (χ2v) is 8.27. The summed E-state index contributed by atoms with van der Waals surface area (Å²) in [5, 5.41) is 11.4. The van der Waals surface area contributed by atoms with Crippen LogP contribution in [0.5, 0.6) is 0 Å². The SMILES string of the molecule is O=C(Cc1csc(NC(=O)c2ccccc2)n1)NCCc1csc2ccccc12. The Labute approximate surface area is 176 Å². The first kappa shape index (κ1) is 19.3. The number of benzene rings is 2. The molecule has 2 N–H and O–H groups in total. The molecule has 5 nitrogen and oxygen atoms in total. The normalized spacial score (nSPS) is 10.8. The van der Waals surface area contributed by atoms with E-state index in [0.717, 1.165) is 6.42 Å². The van der Waals surface area contributed by atoms with Crippen LogP contribution in [0.15, 0.2) is 65.4 Å². The van der Waals surface area contributed by atoms with Crippen molar-refractivity contribution in [3.8, 4) is 0 Å². The number of amides is 2. The Kier molecular flexibility index (Phi) is 5.97. The third kappa shape index (κ3) is 4.88. The summed E-state index contributed by atoms with van der Waals surface area (Å²) in [6.45, 7) is 0.585. The number of rotatable bonds is 7. The molecule has 0 aliphatic heterocycles. The molecule has 0 bridgehead atoms. The molecule has 2 amide bonds. The molecule has 0 radical (unpaired) electrons. The van der Waals surface area contributed by atoms with Gasteiger partial charge in [-0.3, -0.25) is 14.9 Å². The zero-order valence-corrected chi connectivity index (χ0v) is 17.2. The van der Waals surface area contributed by atoms with Crippen molar-refractivity contribution in [2.24, 2.45) is 0 Å². The maximum atomic E-state index is 12.2. The lowest BCUT2D eigenvalue weighted by molar-refractivity contribution is -0.120. The van der Waals surface area contributed by atoms with E-state index < -0.39 is 0 Å². The van der Waals surface area contributed by atoms with Gasteiger partial charge in [0.25, 0.3) is 5.91 Å². The molecule has 0 aliphatic rings. The molecule has 0 fully saturated rings. The molecule has 0 saturated carbocycles. The first-order valence-corrected chi connectivity index (χ1v) is 11.0. The summed E-state index contributed by atoms with van der Waals surface area (Å²) in [5.41, 5.74) is 2.48. The quantitative estimate of drug-likeness (QED) is 0.461. The van der Waals surface area contributed by atoms with E-state index in [4.69, 9.17) is 0 Å². The molecule has 29 heavy (non-hydrogen) atoms. The molecular formula is C22H19N3O2S2. The van der Waals surface area contributed by atoms with E-state index in [9.17, 15) is 9.59 Å². The molecule has 0 saturated heterocycles. The Bertz CT molecular complexity index is 1140. The highest BCUT2D eigenvalue weighted by Gasteiger charge is 2.11. The predicted octanol–water partition coefficient (Wildman–Crippen LogP) is 4.51. The number of thiophene rings is 1. The molecule has 0 atom stereocenters. The molecule has 4 aromatic rings. The van der Waals surface area contributed by atoms with Gasteiger partial charge in [-0.25, -0.2) is 4.98 Å². The average Bonchev–Trinajstić information content (AvgIpc) is 3.35. The lowest BCUT2D eigenvalue weighted by atomic mass is 10.1. The molecule has 7 heteroatoms. The molecule has 2 aromatic heterocycles. The van der Waals surface area contributed by atoms with Gasteiger partial charge in [-0.2, -0.15) is 0 Å². The van der Waals surface area contributed by atoms with Crippen molar-refractivity contribution in [1.82, 2.24) is 10.3 Å². The number of hydrogen-bond acceptors (Lipinski definition) is 5. The summed E-state index contributed by atoms with van der Waals surface area (Å²) in [6.07, 6.45) is 0.993. The minimum Gasteiger partial charge on any atom is -0.355 e. The van der Waals surface area contributed by atoms with Gasteiger partial charge in [-0.05, 0) is 40.9 Å². The average molecular weight is 422 g/mol. The van der Waals surface area contributed by atoms with E-state index in [0.29, 0.717) is 22.9 Å². The summed E-state index contributed by atoms with van der Waals surface area (Å²) < 4.78 is 1.27. The Balaban J connectivity index is 1.26. The summed E-state index contributed by atoms with van der Waals surface area (Å²) in [5.74, 6) is -0.283. The zero-order valence-electron chi connectivity index (χ0n) is 15.6. The largest absolute Gasteiger partial charge is 0.355 e. The fraction of sp³-hybridized carbons (Fsp3) is 0.136. The maximum Gasteiger partial charge on any atom is 0.257 e. The Morgan fingerprint density at radius 1 is 0.931 bits per heavy atom. The van der Waals surface area contributed by atoms with Crippen LogP contribution in [-0.2, 0) is 17.6 Å². The van der Waals surface area contributed by atoms with Gasteiger partial charge in [-0.15, -0.1) is 22.7 Å². The fourth-order valence-corrected chi connectivity index (χ4v) is 4.70. The van der Waals surface area contributed by atoms with Crippen LogP contribution >= 0.6 is 22.7 Å². The highest BCUT2D eigenvalue weighted by molar-refractivity contribution is 7.17. The predicted molar refractivity (Wildman–Crippen MR) is 119 cm³/mol. The lowest BCUT2D eigenvalue weighted by Crippen LogP contribution is -2.27. The van der Waals surface area contributed by atoms with Crippen molar-refractivity contribution in [1.29, 1.82) is 0 Å². The van der Waals surface area contributed by atoms with E-state index in [1.807, 2.05) is 30.3 Å². The maximum absolute atomic E-state index is 12.2. The van der Waals surface area contributed by atoms with E-state index in [1.165, 1.54) is 27.0 Å².